The summed E-state index contributed by atoms with van der Waals surface area (Å²) in [7, 11) is 1.84. The number of hydrogen-bond acceptors (Lipinski definition) is 4. The third-order valence-corrected chi connectivity index (χ3v) is 5.76. The summed E-state index contributed by atoms with van der Waals surface area (Å²) in [5, 5.41) is 4.80. The van der Waals surface area contributed by atoms with Crippen molar-refractivity contribution in [2.75, 3.05) is 11.9 Å². The molecule has 0 aliphatic heterocycles. The highest BCUT2D eigenvalue weighted by atomic mass is 35.5. The Morgan fingerprint density at radius 2 is 1.74 bits per heavy atom. The van der Waals surface area contributed by atoms with Crippen molar-refractivity contribution in [2.24, 2.45) is 7.05 Å². The Labute approximate surface area is 207 Å². The lowest BCUT2D eigenvalue weighted by Gasteiger charge is -2.11. The number of halogens is 2. The van der Waals surface area contributed by atoms with Gasteiger partial charge >= 0.3 is 5.97 Å². The van der Waals surface area contributed by atoms with Crippen molar-refractivity contribution in [1.82, 2.24) is 4.57 Å². The normalized spacial score (nSPS) is 10.8. The van der Waals surface area contributed by atoms with Crippen molar-refractivity contribution in [3.63, 3.8) is 0 Å². The second-order valence-electron chi connectivity index (χ2n) is 7.62. The van der Waals surface area contributed by atoms with Crippen LogP contribution in [0, 0.1) is 0 Å². The van der Waals surface area contributed by atoms with Gasteiger partial charge in [-0.3, -0.25) is 9.59 Å². The van der Waals surface area contributed by atoms with Gasteiger partial charge in [0.2, 0.25) is 0 Å². The molecule has 0 saturated carbocycles. The van der Waals surface area contributed by atoms with E-state index in [1.54, 1.807) is 55.5 Å². The molecule has 0 aliphatic rings. The highest BCUT2D eigenvalue weighted by molar-refractivity contribution is 6.32. The Kier molecular flexibility index (Phi) is 7.10. The number of anilines is 1. The molecule has 34 heavy (non-hydrogen) atoms. The molecular formula is C26H22Cl2N2O4. The lowest BCUT2D eigenvalue weighted by atomic mass is 10.1. The average molecular weight is 497 g/mol. The van der Waals surface area contributed by atoms with Crippen molar-refractivity contribution in [3.05, 3.63) is 88.0 Å². The molecule has 4 aromatic rings. The van der Waals surface area contributed by atoms with E-state index in [-0.39, 0.29) is 18.3 Å². The number of rotatable bonds is 7. The van der Waals surface area contributed by atoms with Gasteiger partial charge in [0.25, 0.3) is 5.91 Å². The standard InChI is InChI=1S/C26H22Cl2N2O4/c1-3-33-25(31)13-16-4-11-24(21(28)12-16)34-20-8-6-19(7-9-20)29-26(32)23-15-17-14-18(27)5-10-22(17)30(23)2/h4-12,14-15H,3,13H2,1-2H3,(H,29,32). The van der Waals surface area contributed by atoms with E-state index in [0.29, 0.717) is 39.5 Å². The van der Waals surface area contributed by atoms with Gasteiger partial charge in [-0.15, -0.1) is 0 Å². The van der Waals surface area contributed by atoms with E-state index >= 15 is 0 Å². The fraction of sp³-hybridized carbons (Fsp3) is 0.154. The number of esters is 1. The highest BCUT2D eigenvalue weighted by Crippen LogP contribution is 2.31. The summed E-state index contributed by atoms with van der Waals surface area (Å²) < 4.78 is 12.6. The molecule has 8 heteroatoms. The second-order valence-corrected chi connectivity index (χ2v) is 8.46. The van der Waals surface area contributed by atoms with E-state index in [9.17, 15) is 9.59 Å². The lowest BCUT2D eigenvalue weighted by molar-refractivity contribution is -0.142. The van der Waals surface area contributed by atoms with Crippen LogP contribution in [-0.2, 0) is 23.0 Å². The lowest BCUT2D eigenvalue weighted by Crippen LogP contribution is -2.15. The van der Waals surface area contributed by atoms with Gasteiger partial charge in [0.1, 0.15) is 17.2 Å². The zero-order valence-corrected chi connectivity index (χ0v) is 20.1. The van der Waals surface area contributed by atoms with Crippen LogP contribution >= 0.6 is 23.2 Å². The van der Waals surface area contributed by atoms with Crippen LogP contribution in [0.1, 0.15) is 23.0 Å². The molecule has 174 valence electrons. The van der Waals surface area contributed by atoms with Gasteiger partial charge in [0.15, 0.2) is 0 Å². The molecule has 0 unspecified atom stereocenters. The number of aromatic nitrogens is 1. The first kappa shape index (κ1) is 23.7. The number of fused-ring (bicyclic) bond motifs is 1. The number of benzene rings is 3. The van der Waals surface area contributed by atoms with Crippen molar-refractivity contribution in [1.29, 1.82) is 0 Å². The van der Waals surface area contributed by atoms with Gasteiger partial charge in [-0.25, -0.2) is 0 Å². The first-order valence-electron chi connectivity index (χ1n) is 10.6. The van der Waals surface area contributed by atoms with Crippen LogP contribution < -0.4 is 10.1 Å². The number of hydrogen-bond donors (Lipinski definition) is 1. The van der Waals surface area contributed by atoms with Gasteiger partial charge in [0, 0.05) is 28.7 Å². The number of carbonyl (C=O) groups excluding carboxylic acids is 2. The van der Waals surface area contributed by atoms with E-state index in [0.717, 1.165) is 16.5 Å². The molecule has 0 spiro atoms. The second kappa shape index (κ2) is 10.2. The molecule has 4 rings (SSSR count). The SMILES string of the molecule is CCOC(=O)Cc1ccc(Oc2ccc(NC(=O)c3cc4cc(Cl)ccc4n3C)cc2)c(Cl)c1. The summed E-state index contributed by atoms with van der Waals surface area (Å²) in [6.45, 7) is 2.10. The molecule has 1 N–H and O–H groups in total. The van der Waals surface area contributed by atoms with Crippen LogP contribution in [0.4, 0.5) is 5.69 Å². The van der Waals surface area contributed by atoms with Crippen molar-refractivity contribution >= 4 is 51.7 Å². The molecule has 1 aromatic heterocycles. The number of ether oxygens (including phenoxy) is 2. The van der Waals surface area contributed by atoms with E-state index in [1.807, 2.05) is 29.8 Å². The molecule has 0 saturated heterocycles. The quantitative estimate of drug-likeness (QED) is 0.291. The summed E-state index contributed by atoms with van der Waals surface area (Å²) in [6, 6.07) is 19.4. The fourth-order valence-electron chi connectivity index (χ4n) is 3.58. The zero-order chi connectivity index (χ0) is 24.2. The van der Waals surface area contributed by atoms with E-state index in [4.69, 9.17) is 32.7 Å². The summed E-state index contributed by atoms with van der Waals surface area (Å²) in [6.07, 6.45) is 0.145. The molecule has 0 atom stereocenters. The number of aryl methyl sites for hydroxylation is 1. The number of amides is 1. The maximum atomic E-state index is 12.8. The largest absolute Gasteiger partial charge is 0.466 e. The average Bonchev–Trinajstić information content (AvgIpc) is 3.12. The molecule has 1 amide bonds. The van der Waals surface area contributed by atoms with Crippen LogP contribution in [0.3, 0.4) is 0 Å². The minimum absolute atomic E-state index is 0.145. The maximum absolute atomic E-state index is 12.8. The molecule has 3 aromatic carbocycles. The Balaban J connectivity index is 1.42. The summed E-state index contributed by atoms with van der Waals surface area (Å²) >= 11 is 12.4. The van der Waals surface area contributed by atoms with Gasteiger partial charge in [-0.2, -0.15) is 0 Å². The molecule has 1 heterocycles. The highest BCUT2D eigenvalue weighted by Gasteiger charge is 2.14. The Morgan fingerprint density at radius 1 is 0.971 bits per heavy atom. The van der Waals surface area contributed by atoms with Crippen LogP contribution in [0.5, 0.6) is 11.5 Å². The van der Waals surface area contributed by atoms with Crippen LogP contribution in [0.25, 0.3) is 10.9 Å². The first-order chi connectivity index (χ1) is 16.3. The summed E-state index contributed by atoms with van der Waals surface area (Å²) in [5.41, 5.74) is 2.80. The Hall–Kier alpha value is -3.48. The third kappa shape index (κ3) is 5.35. The van der Waals surface area contributed by atoms with Crippen LogP contribution in [0.2, 0.25) is 10.0 Å². The van der Waals surface area contributed by atoms with E-state index in [2.05, 4.69) is 5.32 Å². The summed E-state index contributed by atoms with van der Waals surface area (Å²) in [4.78, 5) is 24.5. The Morgan fingerprint density at radius 3 is 2.44 bits per heavy atom. The monoisotopic (exact) mass is 496 g/mol. The summed E-state index contributed by atoms with van der Waals surface area (Å²) in [5.74, 6) is 0.471. The molecule has 0 aliphatic carbocycles. The van der Waals surface area contributed by atoms with Crippen molar-refractivity contribution in [3.8, 4) is 11.5 Å². The molecule has 0 fully saturated rings. The van der Waals surface area contributed by atoms with Crippen molar-refractivity contribution in [2.45, 2.75) is 13.3 Å². The number of nitrogens with one attached hydrogen (secondary N) is 1. The van der Waals surface area contributed by atoms with Gasteiger partial charge in [-0.1, -0.05) is 29.3 Å². The zero-order valence-electron chi connectivity index (χ0n) is 18.6. The van der Waals surface area contributed by atoms with Gasteiger partial charge in [-0.05, 0) is 73.2 Å². The molecule has 0 bridgehead atoms. The minimum Gasteiger partial charge on any atom is -0.466 e. The van der Waals surface area contributed by atoms with E-state index in [1.165, 1.54) is 0 Å². The van der Waals surface area contributed by atoms with Crippen LogP contribution in [0.15, 0.2) is 66.7 Å². The topological polar surface area (TPSA) is 69.6 Å². The minimum atomic E-state index is -0.308. The third-order valence-electron chi connectivity index (χ3n) is 5.23. The molecular weight excluding hydrogens is 475 g/mol. The van der Waals surface area contributed by atoms with E-state index < -0.39 is 0 Å². The molecule has 0 radical (unpaired) electrons. The fourth-order valence-corrected chi connectivity index (χ4v) is 4.00. The number of carbonyl (C=O) groups is 2. The molecule has 6 nitrogen and oxygen atoms in total. The first-order valence-corrected chi connectivity index (χ1v) is 11.4. The smallest absolute Gasteiger partial charge is 0.310 e. The van der Waals surface area contributed by atoms with Gasteiger partial charge < -0.3 is 19.4 Å². The van der Waals surface area contributed by atoms with Crippen molar-refractivity contribution < 1.29 is 19.1 Å². The predicted molar refractivity (Wildman–Crippen MR) is 134 cm³/mol. The number of nitrogens with zero attached hydrogens (tertiary/aromatic N) is 1. The Bertz CT molecular complexity index is 1360. The maximum Gasteiger partial charge on any atom is 0.310 e. The predicted octanol–water partition coefficient (Wildman–Crippen LogP) is 6.64. The van der Waals surface area contributed by atoms with Gasteiger partial charge in [0.05, 0.1) is 18.1 Å². The van der Waals surface area contributed by atoms with Crippen LogP contribution in [-0.4, -0.2) is 23.1 Å².